The number of benzene rings is 2. The summed E-state index contributed by atoms with van der Waals surface area (Å²) in [5.41, 5.74) is 1.21. The molecule has 0 radical (unpaired) electrons. The molecule has 0 spiro atoms. The van der Waals surface area contributed by atoms with Crippen LogP contribution in [0, 0.1) is 0 Å². The summed E-state index contributed by atoms with van der Waals surface area (Å²) in [5.74, 6) is 0.843. The molecule has 0 aliphatic heterocycles. The van der Waals surface area contributed by atoms with Crippen molar-refractivity contribution in [3.63, 3.8) is 0 Å². The Labute approximate surface area is 152 Å². The Morgan fingerprint density at radius 1 is 1.00 bits per heavy atom. The van der Waals surface area contributed by atoms with Crippen molar-refractivity contribution in [1.29, 1.82) is 0 Å². The van der Waals surface area contributed by atoms with Crippen LogP contribution >= 0.6 is 0 Å². The number of nitrogens with zero attached hydrogens (tertiary/aromatic N) is 1. The van der Waals surface area contributed by atoms with Gasteiger partial charge in [0.05, 0.1) is 12.2 Å². The van der Waals surface area contributed by atoms with Crippen LogP contribution in [0.2, 0.25) is 0 Å². The van der Waals surface area contributed by atoms with Gasteiger partial charge in [-0.15, -0.1) is 0 Å². The van der Waals surface area contributed by atoms with Crippen molar-refractivity contribution in [1.82, 2.24) is 4.90 Å². The third-order valence-electron chi connectivity index (χ3n) is 4.62. The van der Waals surface area contributed by atoms with E-state index in [0.29, 0.717) is 13.0 Å². The molecule has 0 bridgehead atoms. The highest BCUT2D eigenvalue weighted by Crippen LogP contribution is 2.41. The van der Waals surface area contributed by atoms with Gasteiger partial charge in [-0.1, -0.05) is 55.8 Å². The van der Waals surface area contributed by atoms with Crippen molar-refractivity contribution in [3.05, 3.63) is 65.7 Å². The van der Waals surface area contributed by atoms with Crippen LogP contribution in [0.3, 0.4) is 0 Å². The lowest BCUT2D eigenvalue weighted by Crippen LogP contribution is -2.39. The monoisotopic (exact) mass is 341 g/mol. The van der Waals surface area contributed by atoms with E-state index in [9.17, 15) is 5.11 Å². The molecule has 0 heterocycles. The summed E-state index contributed by atoms with van der Waals surface area (Å²) in [7, 11) is 4.11. The number of ether oxygens (including phenoxy) is 1. The first kappa shape index (κ1) is 19.5. The fraction of sp³-hybridized carbons (Fsp3) is 0.455. The van der Waals surface area contributed by atoms with Crippen molar-refractivity contribution >= 4 is 0 Å². The van der Waals surface area contributed by atoms with E-state index in [1.807, 2.05) is 49.4 Å². The average molecular weight is 341 g/mol. The van der Waals surface area contributed by atoms with Gasteiger partial charge in [0.2, 0.25) is 0 Å². The van der Waals surface area contributed by atoms with E-state index in [0.717, 1.165) is 24.3 Å². The molecule has 136 valence electrons. The Bertz CT molecular complexity index is 624. The summed E-state index contributed by atoms with van der Waals surface area (Å²) >= 11 is 0. The highest BCUT2D eigenvalue weighted by Gasteiger charge is 2.38. The molecule has 2 atom stereocenters. The smallest absolute Gasteiger partial charge is 0.119 e. The van der Waals surface area contributed by atoms with Crippen molar-refractivity contribution in [2.75, 3.05) is 27.2 Å². The first-order chi connectivity index (χ1) is 12.0. The molecule has 0 amide bonds. The largest absolute Gasteiger partial charge is 0.494 e. The SMILES string of the molecule is CCCC(O)(c1ccc(OCC)cc1)C(CN(C)C)c1ccccc1. The molecule has 0 saturated carbocycles. The van der Waals surface area contributed by atoms with Crippen molar-refractivity contribution in [2.24, 2.45) is 0 Å². The fourth-order valence-electron chi connectivity index (χ4n) is 3.49. The van der Waals surface area contributed by atoms with Crippen molar-refractivity contribution < 1.29 is 9.84 Å². The van der Waals surface area contributed by atoms with E-state index in [-0.39, 0.29) is 5.92 Å². The molecule has 3 heteroatoms. The molecule has 2 aromatic rings. The van der Waals surface area contributed by atoms with Gasteiger partial charge in [0.1, 0.15) is 5.75 Å². The van der Waals surface area contributed by atoms with Crippen LogP contribution in [0.1, 0.15) is 43.7 Å². The molecule has 0 fully saturated rings. The quantitative estimate of drug-likeness (QED) is 0.733. The maximum absolute atomic E-state index is 11.8. The lowest BCUT2D eigenvalue weighted by atomic mass is 9.74. The summed E-state index contributed by atoms with van der Waals surface area (Å²) in [5, 5.41) is 11.8. The molecule has 25 heavy (non-hydrogen) atoms. The highest BCUT2D eigenvalue weighted by molar-refractivity contribution is 5.35. The van der Waals surface area contributed by atoms with E-state index < -0.39 is 5.60 Å². The van der Waals surface area contributed by atoms with E-state index in [1.54, 1.807) is 0 Å². The molecule has 0 aliphatic rings. The zero-order chi connectivity index (χ0) is 18.3. The Morgan fingerprint density at radius 3 is 2.16 bits per heavy atom. The van der Waals surface area contributed by atoms with E-state index in [2.05, 4.69) is 38.1 Å². The number of hydrogen-bond acceptors (Lipinski definition) is 3. The first-order valence-corrected chi connectivity index (χ1v) is 9.16. The van der Waals surface area contributed by atoms with Crippen LogP contribution < -0.4 is 4.74 Å². The molecule has 1 N–H and O–H groups in total. The van der Waals surface area contributed by atoms with Crippen LogP contribution in [0.4, 0.5) is 0 Å². The molecule has 0 saturated heterocycles. The van der Waals surface area contributed by atoms with Crippen LogP contribution in [-0.4, -0.2) is 37.3 Å². The third-order valence-corrected chi connectivity index (χ3v) is 4.62. The second kappa shape index (κ2) is 9.02. The maximum atomic E-state index is 11.8. The second-order valence-electron chi connectivity index (χ2n) is 6.86. The number of rotatable bonds is 9. The molecular formula is C22H31NO2. The van der Waals surface area contributed by atoms with Gasteiger partial charge in [-0.05, 0) is 50.7 Å². The number of hydrogen-bond donors (Lipinski definition) is 1. The standard InChI is InChI=1S/C22H31NO2/c1-5-16-22(24,19-12-14-20(15-13-19)25-6-2)21(17-23(3)4)18-10-8-7-9-11-18/h7-15,21,24H,5-6,16-17H2,1-4H3. The minimum absolute atomic E-state index is 0.00148. The van der Waals surface area contributed by atoms with Gasteiger partial charge in [-0.25, -0.2) is 0 Å². The van der Waals surface area contributed by atoms with Gasteiger partial charge in [-0.3, -0.25) is 0 Å². The lowest BCUT2D eigenvalue weighted by molar-refractivity contribution is -0.00975. The number of likely N-dealkylation sites (N-methyl/N-ethyl adjacent to an activating group) is 1. The van der Waals surface area contributed by atoms with E-state index in [1.165, 1.54) is 5.56 Å². The van der Waals surface area contributed by atoms with Crippen LogP contribution in [0.5, 0.6) is 5.75 Å². The molecular weight excluding hydrogens is 310 g/mol. The molecule has 2 unspecified atom stereocenters. The molecule has 0 aromatic heterocycles. The van der Waals surface area contributed by atoms with Crippen molar-refractivity contribution in [3.8, 4) is 5.75 Å². The predicted octanol–water partition coefficient (Wildman–Crippen LogP) is 4.42. The van der Waals surface area contributed by atoms with Crippen LogP contribution in [-0.2, 0) is 5.60 Å². The molecule has 2 rings (SSSR count). The van der Waals surface area contributed by atoms with Gasteiger partial charge in [0.15, 0.2) is 0 Å². The van der Waals surface area contributed by atoms with Gasteiger partial charge in [0.25, 0.3) is 0 Å². The fourth-order valence-corrected chi connectivity index (χ4v) is 3.49. The minimum Gasteiger partial charge on any atom is -0.494 e. The highest BCUT2D eigenvalue weighted by atomic mass is 16.5. The van der Waals surface area contributed by atoms with Gasteiger partial charge < -0.3 is 14.7 Å². The van der Waals surface area contributed by atoms with Crippen LogP contribution in [0.25, 0.3) is 0 Å². The third kappa shape index (κ3) is 4.83. The van der Waals surface area contributed by atoms with E-state index >= 15 is 0 Å². The summed E-state index contributed by atoms with van der Waals surface area (Å²) in [4.78, 5) is 2.15. The molecule has 0 aliphatic carbocycles. The zero-order valence-corrected chi connectivity index (χ0v) is 15.9. The second-order valence-corrected chi connectivity index (χ2v) is 6.86. The van der Waals surface area contributed by atoms with Crippen molar-refractivity contribution in [2.45, 2.75) is 38.2 Å². The Morgan fingerprint density at radius 2 is 1.64 bits per heavy atom. The molecule has 3 nitrogen and oxygen atoms in total. The predicted molar refractivity (Wildman–Crippen MR) is 104 cm³/mol. The summed E-state index contributed by atoms with van der Waals surface area (Å²) in [6.45, 7) is 5.53. The molecule has 2 aromatic carbocycles. The van der Waals surface area contributed by atoms with Gasteiger partial charge >= 0.3 is 0 Å². The Hall–Kier alpha value is -1.84. The van der Waals surface area contributed by atoms with E-state index in [4.69, 9.17) is 4.74 Å². The average Bonchev–Trinajstić information content (AvgIpc) is 2.61. The maximum Gasteiger partial charge on any atom is 0.119 e. The van der Waals surface area contributed by atoms with Gasteiger partial charge in [0, 0.05) is 12.5 Å². The summed E-state index contributed by atoms with van der Waals surface area (Å²) < 4.78 is 5.55. The summed E-state index contributed by atoms with van der Waals surface area (Å²) in [6, 6.07) is 18.3. The lowest BCUT2D eigenvalue weighted by Gasteiger charge is -2.38. The zero-order valence-electron chi connectivity index (χ0n) is 15.9. The number of aliphatic hydroxyl groups is 1. The first-order valence-electron chi connectivity index (χ1n) is 9.16. The minimum atomic E-state index is -0.912. The van der Waals surface area contributed by atoms with Crippen LogP contribution in [0.15, 0.2) is 54.6 Å². The normalized spacial score (nSPS) is 15.0. The topological polar surface area (TPSA) is 32.7 Å². The van der Waals surface area contributed by atoms with Gasteiger partial charge in [-0.2, -0.15) is 0 Å². The Balaban J connectivity index is 2.45. The Kier molecular flexibility index (Phi) is 7.03. The summed E-state index contributed by atoms with van der Waals surface area (Å²) in [6.07, 6.45) is 1.63.